The molecule has 0 saturated heterocycles. The first-order chi connectivity index (χ1) is 13.4. The summed E-state index contributed by atoms with van der Waals surface area (Å²) in [6.45, 7) is 1.78. The van der Waals surface area contributed by atoms with Crippen LogP contribution in [0.15, 0.2) is 59.0 Å². The first-order valence-corrected chi connectivity index (χ1v) is 8.60. The standard InChI is InChI=1S/C19H13ClN4O4/c1-11-8-18(23(22-11)14-3-5-15(6-4-14)24(26)27)21-19(25)17-10-12-9-13(20)2-7-16(12)28-17/h2-10H,1H3,(H,21,25). The number of carbonyl (C=O) groups is 1. The van der Waals surface area contributed by atoms with Gasteiger partial charge in [0.1, 0.15) is 11.4 Å². The van der Waals surface area contributed by atoms with Crippen molar-refractivity contribution in [1.82, 2.24) is 9.78 Å². The number of nitrogens with zero attached hydrogens (tertiary/aromatic N) is 3. The van der Waals surface area contributed by atoms with Crippen LogP contribution in [0, 0.1) is 17.0 Å². The molecule has 0 spiro atoms. The number of carbonyl (C=O) groups excluding carboxylic acids is 1. The van der Waals surface area contributed by atoms with Crippen molar-refractivity contribution in [2.75, 3.05) is 5.32 Å². The second kappa shape index (κ2) is 6.82. The molecular formula is C19H13ClN4O4. The third kappa shape index (κ3) is 3.33. The van der Waals surface area contributed by atoms with Gasteiger partial charge in [-0.1, -0.05) is 11.6 Å². The molecule has 0 unspecified atom stereocenters. The molecule has 28 heavy (non-hydrogen) atoms. The summed E-state index contributed by atoms with van der Waals surface area (Å²) in [7, 11) is 0. The van der Waals surface area contributed by atoms with Crippen molar-refractivity contribution in [3.8, 4) is 5.69 Å². The number of furan rings is 1. The Balaban J connectivity index is 1.64. The summed E-state index contributed by atoms with van der Waals surface area (Å²) in [5.41, 5.74) is 1.77. The fourth-order valence-electron chi connectivity index (χ4n) is 2.80. The number of nitrogens with one attached hydrogen (secondary N) is 1. The molecule has 2 aromatic heterocycles. The number of fused-ring (bicyclic) bond motifs is 1. The maximum atomic E-state index is 12.6. The number of hydrogen-bond acceptors (Lipinski definition) is 5. The lowest BCUT2D eigenvalue weighted by atomic mass is 10.2. The molecule has 140 valence electrons. The smallest absolute Gasteiger partial charge is 0.292 e. The van der Waals surface area contributed by atoms with Crippen LogP contribution in [0.25, 0.3) is 16.7 Å². The molecule has 0 aliphatic rings. The molecule has 4 rings (SSSR count). The molecule has 9 heteroatoms. The van der Waals surface area contributed by atoms with E-state index in [9.17, 15) is 14.9 Å². The van der Waals surface area contributed by atoms with Gasteiger partial charge in [0.2, 0.25) is 0 Å². The molecule has 0 atom stereocenters. The summed E-state index contributed by atoms with van der Waals surface area (Å²) >= 11 is 5.96. The molecule has 0 radical (unpaired) electrons. The molecule has 0 saturated carbocycles. The predicted molar refractivity (Wildman–Crippen MR) is 104 cm³/mol. The van der Waals surface area contributed by atoms with Crippen molar-refractivity contribution in [1.29, 1.82) is 0 Å². The van der Waals surface area contributed by atoms with Crippen LogP contribution in [-0.2, 0) is 0 Å². The largest absolute Gasteiger partial charge is 0.451 e. The van der Waals surface area contributed by atoms with E-state index in [1.807, 2.05) is 0 Å². The van der Waals surface area contributed by atoms with Gasteiger partial charge in [-0.2, -0.15) is 5.10 Å². The average molecular weight is 397 g/mol. The number of aromatic nitrogens is 2. The highest BCUT2D eigenvalue weighted by atomic mass is 35.5. The first kappa shape index (κ1) is 17.7. The third-order valence-corrected chi connectivity index (χ3v) is 4.32. The topological polar surface area (TPSA) is 103 Å². The summed E-state index contributed by atoms with van der Waals surface area (Å²) in [6.07, 6.45) is 0. The summed E-state index contributed by atoms with van der Waals surface area (Å²) in [5, 5.41) is 19.2. The van der Waals surface area contributed by atoms with Gasteiger partial charge in [-0.3, -0.25) is 14.9 Å². The highest BCUT2D eigenvalue weighted by Gasteiger charge is 2.17. The van der Waals surface area contributed by atoms with Gasteiger partial charge >= 0.3 is 0 Å². The average Bonchev–Trinajstić information content (AvgIpc) is 3.24. The number of benzene rings is 2. The monoisotopic (exact) mass is 396 g/mol. The van der Waals surface area contributed by atoms with Crippen molar-refractivity contribution in [3.63, 3.8) is 0 Å². The van der Waals surface area contributed by atoms with E-state index in [0.717, 1.165) is 5.39 Å². The molecule has 0 aliphatic heterocycles. The highest BCUT2D eigenvalue weighted by molar-refractivity contribution is 6.31. The van der Waals surface area contributed by atoms with E-state index in [4.69, 9.17) is 16.0 Å². The van der Waals surface area contributed by atoms with Gasteiger partial charge in [0.25, 0.3) is 11.6 Å². The molecular weight excluding hydrogens is 384 g/mol. The Morgan fingerprint density at radius 3 is 2.64 bits per heavy atom. The van der Waals surface area contributed by atoms with Crippen molar-refractivity contribution in [2.24, 2.45) is 0 Å². The van der Waals surface area contributed by atoms with Crippen LogP contribution in [0.5, 0.6) is 0 Å². The molecule has 0 aliphatic carbocycles. The molecule has 0 fully saturated rings. The SMILES string of the molecule is Cc1cc(NC(=O)c2cc3cc(Cl)ccc3o2)n(-c2ccc([N+](=O)[O-])cc2)n1. The lowest BCUT2D eigenvalue weighted by Gasteiger charge is -2.07. The van der Waals surface area contributed by atoms with Crippen LogP contribution >= 0.6 is 11.6 Å². The van der Waals surface area contributed by atoms with Crippen molar-refractivity contribution >= 4 is 40.0 Å². The minimum Gasteiger partial charge on any atom is -0.451 e. The molecule has 0 bridgehead atoms. The number of hydrogen-bond donors (Lipinski definition) is 1. The van der Waals surface area contributed by atoms with Crippen LogP contribution < -0.4 is 5.32 Å². The van der Waals surface area contributed by atoms with Crippen LogP contribution in [0.1, 0.15) is 16.2 Å². The van der Waals surface area contributed by atoms with Gasteiger partial charge in [0.05, 0.1) is 16.3 Å². The van der Waals surface area contributed by atoms with E-state index in [2.05, 4.69) is 10.4 Å². The maximum absolute atomic E-state index is 12.6. The van der Waals surface area contributed by atoms with Gasteiger partial charge < -0.3 is 9.73 Å². The normalized spacial score (nSPS) is 10.9. The van der Waals surface area contributed by atoms with E-state index >= 15 is 0 Å². The van der Waals surface area contributed by atoms with Crippen LogP contribution in [0.4, 0.5) is 11.5 Å². The van der Waals surface area contributed by atoms with Crippen molar-refractivity contribution in [3.05, 3.63) is 81.2 Å². The zero-order chi connectivity index (χ0) is 19.8. The molecule has 8 nitrogen and oxygen atoms in total. The quantitative estimate of drug-likeness (QED) is 0.396. The summed E-state index contributed by atoms with van der Waals surface area (Å²) in [5.74, 6) is 0.0941. The molecule has 4 aromatic rings. The first-order valence-electron chi connectivity index (χ1n) is 8.23. The third-order valence-electron chi connectivity index (χ3n) is 4.08. The molecule has 2 aromatic carbocycles. The Morgan fingerprint density at radius 2 is 1.93 bits per heavy atom. The van der Waals surface area contributed by atoms with E-state index < -0.39 is 10.8 Å². The maximum Gasteiger partial charge on any atom is 0.292 e. The Morgan fingerprint density at radius 1 is 1.18 bits per heavy atom. The Hall–Kier alpha value is -3.65. The van der Waals surface area contributed by atoms with Crippen molar-refractivity contribution in [2.45, 2.75) is 6.92 Å². The number of non-ortho nitro benzene ring substituents is 1. The molecule has 2 heterocycles. The predicted octanol–water partition coefficient (Wildman–Crippen LogP) is 4.74. The van der Waals surface area contributed by atoms with Gasteiger partial charge in [-0.05, 0) is 43.3 Å². The zero-order valence-electron chi connectivity index (χ0n) is 14.5. The lowest BCUT2D eigenvalue weighted by Crippen LogP contribution is -2.14. The fraction of sp³-hybridized carbons (Fsp3) is 0.0526. The van der Waals surface area contributed by atoms with E-state index in [0.29, 0.717) is 27.8 Å². The number of anilines is 1. The van der Waals surface area contributed by atoms with E-state index in [1.54, 1.807) is 49.4 Å². The van der Waals surface area contributed by atoms with Gasteiger partial charge in [-0.25, -0.2) is 4.68 Å². The number of halogens is 1. The zero-order valence-corrected chi connectivity index (χ0v) is 15.3. The summed E-state index contributed by atoms with van der Waals surface area (Å²) < 4.78 is 7.07. The van der Waals surface area contributed by atoms with Crippen molar-refractivity contribution < 1.29 is 14.1 Å². The van der Waals surface area contributed by atoms with Gasteiger partial charge in [-0.15, -0.1) is 0 Å². The molecule has 1 N–H and O–H groups in total. The van der Waals surface area contributed by atoms with E-state index in [-0.39, 0.29) is 11.4 Å². The number of nitro benzene ring substituents is 1. The van der Waals surface area contributed by atoms with Crippen LogP contribution in [0.2, 0.25) is 5.02 Å². The Bertz CT molecular complexity index is 1210. The van der Waals surface area contributed by atoms with Crippen LogP contribution in [-0.4, -0.2) is 20.6 Å². The summed E-state index contributed by atoms with van der Waals surface area (Å²) in [4.78, 5) is 23.0. The number of nitro groups is 1. The van der Waals surface area contributed by atoms with Crippen LogP contribution in [0.3, 0.4) is 0 Å². The highest BCUT2D eigenvalue weighted by Crippen LogP contribution is 2.25. The Kier molecular flexibility index (Phi) is 4.32. The lowest BCUT2D eigenvalue weighted by molar-refractivity contribution is -0.384. The van der Waals surface area contributed by atoms with Gasteiger partial charge in [0, 0.05) is 28.6 Å². The van der Waals surface area contributed by atoms with Gasteiger partial charge in [0.15, 0.2) is 5.76 Å². The number of rotatable bonds is 4. The summed E-state index contributed by atoms with van der Waals surface area (Å²) in [6, 6.07) is 14.3. The number of aryl methyl sites for hydroxylation is 1. The minimum atomic E-state index is -0.478. The molecule has 1 amide bonds. The number of amides is 1. The fourth-order valence-corrected chi connectivity index (χ4v) is 2.99. The second-order valence-corrected chi connectivity index (χ2v) is 6.54. The second-order valence-electron chi connectivity index (χ2n) is 6.10. The van der Waals surface area contributed by atoms with E-state index in [1.165, 1.54) is 16.8 Å². The minimum absolute atomic E-state index is 0.0286. The Labute approximate surface area is 163 Å².